The van der Waals surface area contributed by atoms with Gasteiger partial charge in [-0.15, -0.1) is 0 Å². The SMILES string of the molecule is Cc1cccc(Cn2c(SCc3ccc(C(=O)NCc4ccccc4F)cc3)nc3cccnc32)c1. The number of carbonyl (C=O) groups is 1. The Labute approximate surface area is 213 Å². The Morgan fingerprint density at radius 2 is 1.81 bits per heavy atom. The number of thioether (sulfide) groups is 1. The van der Waals surface area contributed by atoms with E-state index in [0.717, 1.165) is 21.9 Å². The zero-order valence-electron chi connectivity index (χ0n) is 19.8. The highest BCUT2D eigenvalue weighted by Crippen LogP contribution is 2.27. The Balaban J connectivity index is 1.27. The van der Waals surface area contributed by atoms with Gasteiger partial charge in [0.2, 0.25) is 0 Å². The Bertz CT molecular complexity index is 1510. The molecule has 36 heavy (non-hydrogen) atoms. The van der Waals surface area contributed by atoms with Crippen LogP contribution in [0.3, 0.4) is 0 Å². The van der Waals surface area contributed by atoms with E-state index in [4.69, 9.17) is 4.98 Å². The van der Waals surface area contributed by atoms with E-state index in [9.17, 15) is 9.18 Å². The molecule has 5 aromatic rings. The smallest absolute Gasteiger partial charge is 0.251 e. The van der Waals surface area contributed by atoms with Crippen LogP contribution in [0.15, 0.2) is 96.3 Å². The number of hydrogen-bond donors (Lipinski definition) is 1. The minimum atomic E-state index is -0.325. The maximum Gasteiger partial charge on any atom is 0.251 e. The van der Waals surface area contributed by atoms with Crippen molar-refractivity contribution in [3.05, 3.63) is 125 Å². The molecular weight excluding hydrogens is 471 g/mol. The summed E-state index contributed by atoms with van der Waals surface area (Å²) in [7, 11) is 0. The summed E-state index contributed by atoms with van der Waals surface area (Å²) in [4.78, 5) is 21.9. The number of carbonyl (C=O) groups excluding carboxylic acids is 1. The standard InChI is InChI=1S/C29H25FN4OS/c1-20-6-4-7-22(16-20)18-34-27-26(10-5-15-31-27)33-29(34)36-19-21-11-13-23(14-12-21)28(35)32-17-24-8-2-3-9-25(24)30/h2-16H,17-19H2,1H3,(H,32,35). The van der Waals surface area contributed by atoms with Gasteiger partial charge in [0, 0.05) is 29.6 Å². The van der Waals surface area contributed by atoms with Crippen LogP contribution >= 0.6 is 11.8 Å². The molecule has 3 aromatic carbocycles. The second kappa shape index (κ2) is 10.7. The third-order valence-electron chi connectivity index (χ3n) is 5.87. The highest BCUT2D eigenvalue weighted by atomic mass is 32.2. The molecule has 0 atom stereocenters. The molecule has 0 aliphatic rings. The van der Waals surface area contributed by atoms with Gasteiger partial charge >= 0.3 is 0 Å². The van der Waals surface area contributed by atoms with Crippen molar-refractivity contribution in [3.8, 4) is 0 Å². The molecule has 0 saturated heterocycles. The number of aryl methyl sites for hydroxylation is 1. The van der Waals surface area contributed by atoms with Gasteiger partial charge in [-0.1, -0.05) is 71.9 Å². The molecule has 2 aromatic heterocycles. The molecule has 0 bridgehead atoms. The number of nitrogens with one attached hydrogen (secondary N) is 1. The molecule has 180 valence electrons. The van der Waals surface area contributed by atoms with Gasteiger partial charge in [0.15, 0.2) is 10.8 Å². The quantitative estimate of drug-likeness (QED) is 0.262. The van der Waals surface area contributed by atoms with Gasteiger partial charge in [-0.05, 0) is 48.4 Å². The van der Waals surface area contributed by atoms with Crippen molar-refractivity contribution in [1.29, 1.82) is 0 Å². The lowest BCUT2D eigenvalue weighted by molar-refractivity contribution is 0.0950. The molecule has 0 radical (unpaired) electrons. The molecule has 5 nitrogen and oxygen atoms in total. The molecular formula is C29H25FN4OS. The Kier molecular flexibility index (Phi) is 7.09. The van der Waals surface area contributed by atoms with Crippen molar-refractivity contribution < 1.29 is 9.18 Å². The van der Waals surface area contributed by atoms with E-state index in [1.807, 2.05) is 24.3 Å². The number of halogens is 1. The summed E-state index contributed by atoms with van der Waals surface area (Å²) in [5, 5.41) is 3.68. The normalized spacial score (nSPS) is 11.1. The van der Waals surface area contributed by atoms with Gasteiger partial charge in [0.05, 0.1) is 6.54 Å². The fourth-order valence-corrected chi connectivity index (χ4v) is 4.96. The molecule has 0 aliphatic carbocycles. The number of aromatic nitrogens is 3. The first-order valence-corrected chi connectivity index (χ1v) is 12.7. The second-order valence-corrected chi connectivity index (χ2v) is 9.52. The van der Waals surface area contributed by atoms with Crippen LogP contribution in [0.5, 0.6) is 0 Å². The number of rotatable bonds is 8. The highest BCUT2D eigenvalue weighted by Gasteiger charge is 2.14. The number of amides is 1. The van der Waals surface area contributed by atoms with E-state index in [2.05, 4.69) is 46.1 Å². The Morgan fingerprint density at radius 1 is 0.972 bits per heavy atom. The van der Waals surface area contributed by atoms with Gasteiger partial charge in [0.1, 0.15) is 11.3 Å². The molecule has 0 saturated carbocycles. The van der Waals surface area contributed by atoms with E-state index in [-0.39, 0.29) is 18.3 Å². The summed E-state index contributed by atoms with van der Waals surface area (Å²) in [6.07, 6.45) is 1.79. The minimum absolute atomic E-state index is 0.147. The van der Waals surface area contributed by atoms with Crippen molar-refractivity contribution in [2.24, 2.45) is 0 Å². The first-order valence-electron chi connectivity index (χ1n) is 11.7. The van der Waals surface area contributed by atoms with Crippen LogP contribution in [0.2, 0.25) is 0 Å². The largest absolute Gasteiger partial charge is 0.348 e. The van der Waals surface area contributed by atoms with Gasteiger partial charge < -0.3 is 5.32 Å². The summed E-state index contributed by atoms with van der Waals surface area (Å²) in [6, 6.07) is 26.2. The Morgan fingerprint density at radius 3 is 2.61 bits per heavy atom. The van der Waals surface area contributed by atoms with Crippen LogP contribution < -0.4 is 5.32 Å². The summed E-state index contributed by atoms with van der Waals surface area (Å²) in [6.45, 7) is 2.93. The Hall–Kier alpha value is -3.97. The summed E-state index contributed by atoms with van der Waals surface area (Å²) >= 11 is 1.64. The minimum Gasteiger partial charge on any atom is -0.348 e. The third-order valence-corrected chi connectivity index (χ3v) is 6.92. The van der Waals surface area contributed by atoms with E-state index in [1.165, 1.54) is 17.2 Å². The fourth-order valence-electron chi connectivity index (χ4n) is 4.00. The molecule has 1 N–H and O–H groups in total. The molecule has 0 fully saturated rings. The summed E-state index contributed by atoms with van der Waals surface area (Å²) in [5.41, 5.74) is 6.23. The summed E-state index contributed by atoms with van der Waals surface area (Å²) < 4.78 is 15.9. The van der Waals surface area contributed by atoms with Gasteiger partial charge in [-0.2, -0.15) is 0 Å². The van der Waals surface area contributed by atoms with Crippen LogP contribution in [0.1, 0.15) is 32.6 Å². The maximum atomic E-state index is 13.8. The first-order chi connectivity index (χ1) is 17.6. The zero-order chi connectivity index (χ0) is 24.9. The lowest BCUT2D eigenvalue weighted by Crippen LogP contribution is -2.23. The second-order valence-electron chi connectivity index (χ2n) is 8.58. The molecule has 1 amide bonds. The molecule has 0 spiro atoms. The van der Waals surface area contributed by atoms with E-state index >= 15 is 0 Å². The van der Waals surface area contributed by atoms with Crippen molar-refractivity contribution in [2.45, 2.75) is 30.9 Å². The summed E-state index contributed by atoms with van der Waals surface area (Å²) in [5.74, 6) is 0.145. The lowest BCUT2D eigenvalue weighted by Gasteiger charge is -2.10. The van der Waals surface area contributed by atoms with Crippen molar-refractivity contribution in [3.63, 3.8) is 0 Å². The molecule has 2 heterocycles. The van der Waals surface area contributed by atoms with Crippen LogP contribution in [0, 0.1) is 12.7 Å². The number of benzene rings is 3. The topological polar surface area (TPSA) is 59.8 Å². The number of nitrogens with zero attached hydrogens (tertiary/aromatic N) is 3. The molecule has 7 heteroatoms. The maximum absolute atomic E-state index is 13.8. The van der Waals surface area contributed by atoms with Crippen LogP contribution in [0.25, 0.3) is 11.2 Å². The van der Waals surface area contributed by atoms with Crippen LogP contribution in [-0.2, 0) is 18.8 Å². The predicted octanol–water partition coefficient (Wildman–Crippen LogP) is 6.15. The predicted molar refractivity (Wildman–Crippen MR) is 141 cm³/mol. The number of fused-ring (bicyclic) bond motifs is 1. The zero-order valence-corrected chi connectivity index (χ0v) is 20.6. The fraction of sp³-hybridized carbons (Fsp3) is 0.138. The van der Waals surface area contributed by atoms with E-state index < -0.39 is 0 Å². The highest BCUT2D eigenvalue weighted by molar-refractivity contribution is 7.98. The molecule has 5 rings (SSSR count). The molecule has 0 aliphatic heterocycles. The van der Waals surface area contributed by atoms with Crippen molar-refractivity contribution in [2.75, 3.05) is 0 Å². The molecule has 0 unspecified atom stereocenters. The van der Waals surface area contributed by atoms with Crippen molar-refractivity contribution >= 4 is 28.8 Å². The van der Waals surface area contributed by atoms with Crippen molar-refractivity contribution in [1.82, 2.24) is 19.9 Å². The monoisotopic (exact) mass is 496 g/mol. The number of imidazole rings is 1. The average Bonchev–Trinajstić information content (AvgIpc) is 3.24. The third kappa shape index (κ3) is 5.47. The number of pyridine rings is 1. The first kappa shape index (κ1) is 23.8. The van der Waals surface area contributed by atoms with Gasteiger partial charge in [-0.3, -0.25) is 9.36 Å². The van der Waals surface area contributed by atoms with Crippen LogP contribution in [-0.4, -0.2) is 20.4 Å². The van der Waals surface area contributed by atoms with Crippen LogP contribution in [0.4, 0.5) is 4.39 Å². The van der Waals surface area contributed by atoms with Gasteiger partial charge in [-0.25, -0.2) is 14.4 Å². The van der Waals surface area contributed by atoms with E-state index in [0.29, 0.717) is 23.4 Å². The van der Waals surface area contributed by atoms with E-state index in [1.54, 1.807) is 48.3 Å². The average molecular weight is 497 g/mol. The lowest BCUT2D eigenvalue weighted by atomic mass is 10.1. The van der Waals surface area contributed by atoms with Gasteiger partial charge in [0.25, 0.3) is 5.91 Å². The number of hydrogen-bond acceptors (Lipinski definition) is 4.